The Balaban J connectivity index is 1.49. The van der Waals surface area contributed by atoms with Crippen molar-refractivity contribution in [1.82, 2.24) is 24.9 Å². The number of hydrogen-bond donors (Lipinski definition) is 2. The van der Waals surface area contributed by atoms with Crippen LogP contribution in [0.25, 0.3) is 11.2 Å². The van der Waals surface area contributed by atoms with Crippen molar-refractivity contribution in [3.8, 4) is 0 Å². The van der Waals surface area contributed by atoms with E-state index in [4.69, 9.17) is 10.5 Å². The molecule has 4 rings (SSSR count). The smallest absolute Gasteiger partial charge is 0.224 e. The van der Waals surface area contributed by atoms with Gasteiger partial charge in [0.15, 0.2) is 11.5 Å². The summed E-state index contributed by atoms with van der Waals surface area (Å²) in [5, 5.41) is 0. The van der Waals surface area contributed by atoms with E-state index >= 15 is 0 Å². The molecule has 24 heavy (non-hydrogen) atoms. The maximum absolute atomic E-state index is 6.06. The monoisotopic (exact) mass is 325 g/mol. The van der Waals surface area contributed by atoms with E-state index in [1.807, 2.05) is 18.3 Å². The number of nitrogens with zero attached hydrogens (tertiary/aromatic N) is 5. The van der Waals surface area contributed by atoms with Gasteiger partial charge in [-0.2, -0.15) is 9.97 Å². The lowest BCUT2D eigenvalue weighted by Gasteiger charge is -2.33. The lowest BCUT2D eigenvalue weighted by Crippen LogP contribution is -2.40. The third-order valence-electron chi connectivity index (χ3n) is 4.17. The molecule has 4 heterocycles. The normalized spacial score (nSPS) is 18.2. The molecule has 124 valence electrons. The molecule has 8 nitrogen and oxygen atoms in total. The number of rotatable bonds is 4. The second-order valence-electron chi connectivity index (χ2n) is 5.89. The van der Waals surface area contributed by atoms with Crippen LogP contribution in [0.2, 0.25) is 0 Å². The Hall–Kier alpha value is -2.74. The second-order valence-corrected chi connectivity index (χ2v) is 5.89. The Morgan fingerprint density at radius 2 is 2.33 bits per heavy atom. The van der Waals surface area contributed by atoms with Crippen LogP contribution in [0.3, 0.4) is 0 Å². The Kier molecular flexibility index (Phi) is 3.96. The van der Waals surface area contributed by atoms with Crippen molar-refractivity contribution in [3.63, 3.8) is 0 Å². The third kappa shape index (κ3) is 3.00. The zero-order valence-corrected chi connectivity index (χ0v) is 13.2. The fourth-order valence-corrected chi connectivity index (χ4v) is 3.03. The summed E-state index contributed by atoms with van der Waals surface area (Å²) in [6, 6.07) is 3.94. The van der Waals surface area contributed by atoms with Crippen molar-refractivity contribution in [2.24, 2.45) is 0 Å². The molecule has 0 aliphatic carbocycles. The number of H-pyrrole nitrogens is 1. The molecular weight excluding hydrogens is 306 g/mol. The number of piperidine rings is 1. The highest BCUT2D eigenvalue weighted by molar-refractivity contribution is 5.84. The van der Waals surface area contributed by atoms with Gasteiger partial charge in [-0.25, -0.2) is 4.98 Å². The van der Waals surface area contributed by atoms with Crippen molar-refractivity contribution >= 4 is 22.9 Å². The molecule has 3 aromatic heterocycles. The number of aromatic nitrogens is 5. The van der Waals surface area contributed by atoms with Crippen LogP contribution in [0.4, 0.5) is 11.8 Å². The zero-order chi connectivity index (χ0) is 16.4. The van der Waals surface area contributed by atoms with E-state index in [1.54, 1.807) is 12.5 Å². The van der Waals surface area contributed by atoms with E-state index in [1.165, 1.54) is 0 Å². The molecule has 1 fully saturated rings. The molecule has 0 saturated carbocycles. The summed E-state index contributed by atoms with van der Waals surface area (Å²) in [5.41, 5.74) is 8.31. The van der Waals surface area contributed by atoms with Crippen molar-refractivity contribution in [3.05, 3.63) is 36.4 Å². The Morgan fingerprint density at radius 3 is 3.21 bits per heavy atom. The first-order chi connectivity index (χ1) is 11.8. The average Bonchev–Trinajstić information content (AvgIpc) is 3.08. The number of hydrogen-bond acceptors (Lipinski definition) is 7. The molecule has 0 radical (unpaired) electrons. The first-order valence-electron chi connectivity index (χ1n) is 8.01. The summed E-state index contributed by atoms with van der Waals surface area (Å²) in [6.45, 7) is 2.25. The number of pyridine rings is 1. The molecule has 0 amide bonds. The Morgan fingerprint density at radius 1 is 1.38 bits per heavy atom. The van der Waals surface area contributed by atoms with E-state index in [2.05, 4.69) is 29.8 Å². The maximum Gasteiger partial charge on any atom is 0.224 e. The molecule has 1 unspecified atom stereocenters. The average molecular weight is 325 g/mol. The molecule has 3 aromatic rings. The highest BCUT2D eigenvalue weighted by Gasteiger charge is 2.24. The fraction of sp³-hybridized carbons (Fsp3) is 0.375. The van der Waals surface area contributed by atoms with Crippen LogP contribution in [0.15, 0.2) is 30.9 Å². The zero-order valence-electron chi connectivity index (χ0n) is 13.2. The molecule has 1 atom stereocenters. The number of nitrogen functional groups attached to an aromatic ring is 1. The standard InChI is InChI=1S/C16H19N7O/c17-16-21-14-13(19-10-20-14)15(22-16)23-6-2-4-12(8-23)24-9-11-3-1-5-18-7-11/h1,3,5,7,10,12H,2,4,6,8-9H2,(H3,17,19,20,21,22). The molecule has 0 bridgehead atoms. The van der Waals surface area contributed by atoms with Crippen LogP contribution in [-0.2, 0) is 11.3 Å². The molecule has 0 aromatic carbocycles. The van der Waals surface area contributed by atoms with Crippen LogP contribution in [0.1, 0.15) is 18.4 Å². The minimum atomic E-state index is 0.146. The number of fused-ring (bicyclic) bond motifs is 1. The summed E-state index contributed by atoms with van der Waals surface area (Å²) in [4.78, 5) is 22.1. The van der Waals surface area contributed by atoms with E-state index in [0.29, 0.717) is 12.3 Å². The number of imidazole rings is 1. The van der Waals surface area contributed by atoms with Crippen LogP contribution in [0.5, 0.6) is 0 Å². The molecule has 1 saturated heterocycles. The summed E-state index contributed by atoms with van der Waals surface area (Å²) < 4.78 is 6.06. The highest BCUT2D eigenvalue weighted by atomic mass is 16.5. The van der Waals surface area contributed by atoms with Crippen molar-refractivity contribution in [2.75, 3.05) is 23.7 Å². The van der Waals surface area contributed by atoms with Gasteiger partial charge in [0.2, 0.25) is 5.95 Å². The minimum Gasteiger partial charge on any atom is -0.372 e. The number of nitrogens with one attached hydrogen (secondary N) is 1. The Bertz CT molecular complexity index is 820. The summed E-state index contributed by atoms with van der Waals surface area (Å²) in [6.07, 6.45) is 7.43. The van der Waals surface area contributed by atoms with Crippen LogP contribution >= 0.6 is 0 Å². The number of aromatic amines is 1. The van der Waals surface area contributed by atoms with Gasteiger partial charge in [-0.15, -0.1) is 0 Å². The quantitative estimate of drug-likeness (QED) is 0.749. The molecule has 1 aliphatic heterocycles. The largest absolute Gasteiger partial charge is 0.372 e. The van der Waals surface area contributed by atoms with Crippen molar-refractivity contribution in [2.45, 2.75) is 25.6 Å². The number of nitrogens with two attached hydrogens (primary N) is 1. The van der Waals surface area contributed by atoms with Crippen LogP contribution < -0.4 is 10.6 Å². The lowest BCUT2D eigenvalue weighted by molar-refractivity contribution is 0.0313. The maximum atomic E-state index is 6.06. The fourth-order valence-electron chi connectivity index (χ4n) is 3.03. The summed E-state index contributed by atoms with van der Waals surface area (Å²) in [7, 11) is 0. The molecule has 3 N–H and O–H groups in total. The minimum absolute atomic E-state index is 0.146. The van der Waals surface area contributed by atoms with E-state index < -0.39 is 0 Å². The van der Waals surface area contributed by atoms with Crippen LogP contribution in [-0.4, -0.2) is 44.1 Å². The van der Waals surface area contributed by atoms with Gasteiger partial charge in [0.25, 0.3) is 0 Å². The van der Waals surface area contributed by atoms with Gasteiger partial charge in [0.1, 0.15) is 5.52 Å². The van der Waals surface area contributed by atoms with Crippen LogP contribution in [0, 0.1) is 0 Å². The first kappa shape index (κ1) is 14.8. The molecule has 1 aliphatic rings. The van der Waals surface area contributed by atoms with Crippen molar-refractivity contribution in [1.29, 1.82) is 0 Å². The van der Waals surface area contributed by atoms with Gasteiger partial charge in [-0.05, 0) is 24.5 Å². The first-order valence-corrected chi connectivity index (χ1v) is 8.01. The summed E-state index contributed by atoms with van der Waals surface area (Å²) in [5.74, 6) is 1.03. The predicted molar refractivity (Wildman–Crippen MR) is 90.4 cm³/mol. The molecule has 8 heteroatoms. The Labute approximate surface area is 139 Å². The van der Waals surface area contributed by atoms with Gasteiger partial charge in [-0.3, -0.25) is 4.98 Å². The third-order valence-corrected chi connectivity index (χ3v) is 4.17. The topological polar surface area (TPSA) is 106 Å². The van der Waals surface area contributed by atoms with E-state index in [-0.39, 0.29) is 12.1 Å². The van der Waals surface area contributed by atoms with Gasteiger partial charge in [0.05, 0.1) is 19.0 Å². The molecular formula is C16H19N7O. The number of ether oxygens (including phenoxy) is 1. The van der Waals surface area contributed by atoms with E-state index in [0.717, 1.165) is 42.8 Å². The number of anilines is 2. The lowest BCUT2D eigenvalue weighted by atomic mass is 10.1. The van der Waals surface area contributed by atoms with Gasteiger partial charge in [-0.1, -0.05) is 6.07 Å². The predicted octanol–water partition coefficient (Wildman–Crippen LogP) is 1.52. The highest BCUT2D eigenvalue weighted by Crippen LogP contribution is 2.26. The van der Waals surface area contributed by atoms with Gasteiger partial charge in [0, 0.05) is 25.5 Å². The second kappa shape index (κ2) is 6.40. The SMILES string of the molecule is Nc1nc(N2CCCC(OCc3cccnc3)C2)c2[nH]cnc2n1. The molecule has 0 spiro atoms. The van der Waals surface area contributed by atoms with Crippen molar-refractivity contribution < 1.29 is 4.74 Å². The van der Waals surface area contributed by atoms with E-state index in [9.17, 15) is 0 Å². The van der Waals surface area contributed by atoms with Gasteiger partial charge >= 0.3 is 0 Å². The van der Waals surface area contributed by atoms with Gasteiger partial charge < -0.3 is 20.4 Å². The summed E-state index contributed by atoms with van der Waals surface area (Å²) >= 11 is 0.